The minimum absolute atomic E-state index is 0.0273. The molecule has 0 aliphatic heterocycles. The first-order valence-corrected chi connectivity index (χ1v) is 13.0. The molecule has 0 atom stereocenters. The second-order valence-electron chi connectivity index (χ2n) is 9.78. The summed E-state index contributed by atoms with van der Waals surface area (Å²) in [6.07, 6.45) is 10.4. The highest BCUT2D eigenvalue weighted by Gasteiger charge is 2.17. The SMILES string of the molecule is O=C1C=Cc2ccccc2/C1=C/Nc1ccc2cc3ccc(N/C=C4/C(=O)C=Cc5ccccc54)cc3nc2c1. The Morgan fingerprint density at radius 2 is 1.00 bits per heavy atom. The number of allylic oxidation sites excluding steroid dienone is 4. The number of fused-ring (bicyclic) bond motifs is 4. The van der Waals surface area contributed by atoms with Crippen LogP contribution in [-0.2, 0) is 9.59 Å². The Morgan fingerprint density at radius 1 is 0.525 bits per heavy atom. The molecular weight excluding hydrogens is 494 g/mol. The lowest BCUT2D eigenvalue weighted by Crippen LogP contribution is -2.06. The summed E-state index contributed by atoms with van der Waals surface area (Å²) in [6.45, 7) is 0. The molecule has 0 fully saturated rings. The summed E-state index contributed by atoms with van der Waals surface area (Å²) < 4.78 is 0. The molecule has 0 bridgehead atoms. The van der Waals surface area contributed by atoms with Crippen LogP contribution in [0.1, 0.15) is 22.3 Å². The van der Waals surface area contributed by atoms with Gasteiger partial charge in [0.05, 0.1) is 11.0 Å². The number of ketones is 2. The molecule has 0 radical (unpaired) electrons. The summed E-state index contributed by atoms with van der Waals surface area (Å²) in [4.78, 5) is 30.0. The van der Waals surface area contributed by atoms with Gasteiger partial charge in [0.25, 0.3) is 0 Å². The Bertz CT molecular complexity index is 1860. The molecule has 190 valence electrons. The lowest BCUT2D eigenvalue weighted by atomic mass is 9.92. The standard InChI is InChI=1S/C35H23N3O2/c39-34-15-11-22-5-1-3-7-28(22)30(34)20-36-26-13-9-24-17-25-10-14-27(19-33(25)38-32(24)18-26)37-21-31-29-8-4-2-6-23(29)12-16-35(31)40/h1-21,36-37H/b30-20-,31-21+. The maximum atomic E-state index is 12.6. The van der Waals surface area contributed by atoms with Crippen LogP contribution in [0.25, 0.3) is 45.1 Å². The highest BCUT2D eigenvalue weighted by Crippen LogP contribution is 2.29. The zero-order chi connectivity index (χ0) is 27.1. The average molecular weight is 518 g/mol. The third-order valence-electron chi connectivity index (χ3n) is 7.24. The van der Waals surface area contributed by atoms with Crippen LogP contribution < -0.4 is 10.6 Å². The number of carbonyl (C=O) groups excluding carboxylic acids is 2. The first-order valence-electron chi connectivity index (χ1n) is 13.0. The van der Waals surface area contributed by atoms with E-state index in [2.05, 4.69) is 16.7 Å². The third-order valence-corrected chi connectivity index (χ3v) is 7.24. The van der Waals surface area contributed by atoms with Crippen molar-refractivity contribution in [1.82, 2.24) is 4.98 Å². The Morgan fingerprint density at radius 3 is 1.50 bits per heavy atom. The van der Waals surface area contributed by atoms with Crippen LogP contribution in [0.15, 0.2) is 116 Å². The molecule has 4 aromatic carbocycles. The highest BCUT2D eigenvalue weighted by atomic mass is 16.1. The van der Waals surface area contributed by atoms with Crippen molar-refractivity contribution in [3.05, 3.63) is 138 Å². The largest absolute Gasteiger partial charge is 0.361 e. The van der Waals surface area contributed by atoms with E-state index in [9.17, 15) is 9.59 Å². The number of rotatable bonds is 4. The predicted molar refractivity (Wildman–Crippen MR) is 163 cm³/mol. The van der Waals surface area contributed by atoms with E-state index in [1.165, 1.54) is 0 Å². The number of hydrogen-bond donors (Lipinski definition) is 2. The Balaban J connectivity index is 1.18. The molecule has 2 N–H and O–H groups in total. The third kappa shape index (κ3) is 4.29. The molecular formula is C35H23N3O2. The maximum Gasteiger partial charge on any atom is 0.187 e. The summed E-state index contributed by atoms with van der Waals surface area (Å²) in [5.74, 6) is -0.0546. The van der Waals surface area contributed by atoms with E-state index in [4.69, 9.17) is 4.98 Å². The van der Waals surface area contributed by atoms with Gasteiger partial charge in [0, 0.05) is 45.7 Å². The first-order chi connectivity index (χ1) is 19.6. The Labute approximate surface area is 230 Å². The van der Waals surface area contributed by atoms with Gasteiger partial charge in [-0.1, -0.05) is 72.8 Å². The molecule has 0 spiro atoms. The van der Waals surface area contributed by atoms with Gasteiger partial charge in [-0.2, -0.15) is 0 Å². The zero-order valence-electron chi connectivity index (χ0n) is 21.4. The van der Waals surface area contributed by atoms with Crippen molar-refractivity contribution < 1.29 is 9.59 Å². The van der Waals surface area contributed by atoms with Crippen LogP contribution in [0, 0.1) is 0 Å². The van der Waals surface area contributed by atoms with Crippen molar-refractivity contribution in [2.24, 2.45) is 0 Å². The van der Waals surface area contributed by atoms with Crippen molar-refractivity contribution >= 4 is 68.0 Å². The number of benzene rings is 4. The number of aromatic nitrogens is 1. The fourth-order valence-corrected chi connectivity index (χ4v) is 5.16. The van der Waals surface area contributed by atoms with Gasteiger partial charge < -0.3 is 10.6 Å². The van der Waals surface area contributed by atoms with E-state index in [-0.39, 0.29) is 11.6 Å². The monoisotopic (exact) mass is 517 g/mol. The molecule has 0 amide bonds. The number of anilines is 2. The molecule has 7 rings (SSSR count). The number of nitrogens with zero attached hydrogens (tertiary/aromatic N) is 1. The molecule has 0 saturated heterocycles. The van der Waals surface area contributed by atoms with Crippen molar-refractivity contribution in [1.29, 1.82) is 0 Å². The van der Waals surface area contributed by atoms with Gasteiger partial charge in [0.15, 0.2) is 11.6 Å². The predicted octanol–water partition coefficient (Wildman–Crippen LogP) is 7.49. The molecule has 1 aromatic heterocycles. The number of pyridine rings is 1. The van der Waals surface area contributed by atoms with Gasteiger partial charge in [-0.3, -0.25) is 9.59 Å². The summed E-state index contributed by atoms with van der Waals surface area (Å²) in [6, 6.07) is 29.8. The van der Waals surface area contributed by atoms with Crippen LogP contribution >= 0.6 is 0 Å². The Kier molecular flexibility index (Phi) is 5.68. The lowest BCUT2D eigenvalue weighted by Gasteiger charge is -2.14. The second-order valence-corrected chi connectivity index (χ2v) is 9.78. The first kappa shape index (κ1) is 23.6. The van der Waals surface area contributed by atoms with E-state index in [0.717, 1.165) is 55.4 Å². The molecule has 2 aliphatic rings. The number of carbonyl (C=O) groups is 2. The van der Waals surface area contributed by atoms with Crippen LogP contribution in [0.4, 0.5) is 11.4 Å². The second kappa shape index (κ2) is 9.64. The van der Waals surface area contributed by atoms with E-state index >= 15 is 0 Å². The minimum atomic E-state index is -0.0273. The van der Waals surface area contributed by atoms with Gasteiger partial charge >= 0.3 is 0 Å². The molecule has 1 heterocycles. The maximum absolute atomic E-state index is 12.6. The molecule has 5 nitrogen and oxygen atoms in total. The van der Waals surface area contributed by atoms with Gasteiger partial charge in [-0.05, 0) is 64.7 Å². The normalized spacial score (nSPS) is 16.0. The molecule has 5 heteroatoms. The van der Waals surface area contributed by atoms with E-state index in [1.54, 1.807) is 24.6 Å². The fourth-order valence-electron chi connectivity index (χ4n) is 5.16. The highest BCUT2D eigenvalue weighted by molar-refractivity contribution is 6.30. The quantitative estimate of drug-likeness (QED) is 0.191. The van der Waals surface area contributed by atoms with Crippen LogP contribution in [0.5, 0.6) is 0 Å². The van der Waals surface area contributed by atoms with Crippen molar-refractivity contribution in [3.8, 4) is 0 Å². The van der Waals surface area contributed by atoms with Crippen LogP contribution in [0.2, 0.25) is 0 Å². The van der Waals surface area contributed by atoms with E-state index in [1.807, 2.05) is 97.1 Å². The molecule has 40 heavy (non-hydrogen) atoms. The number of hydrogen-bond acceptors (Lipinski definition) is 5. The van der Waals surface area contributed by atoms with Gasteiger partial charge in [-0.25, -0.2) is 4.98 Å². The van der Waals surface area contributed by atoms with Gasteiger partial charge in [-0.15, -0.1) is 0 Å². The van der Waals surface area contributed by atoms with Gasteiger partial charge in [0.1, 0.15) is 0 Å². The smallest absolute Gasteiger partial charge is 0.187 e. The summed E-state index contributed by atoms with van der Waals surface area (Å²) in [5.41, 5.74) is 8.49. The van der Waals surface area contributed by atoms with E-state index in [0.29, 0.717) is 11.1 Å². The average Bonchev–Trinajstić information content (AvgIpc) is 2.99. The summed E-state index contributed by atoms with van der Waals surface area (Å²) in [7, 11) is 0. The molecule has 0 saturated carbocycles. The van der Waals surface area contributed by atoms with Crippen molar-refractivity contribution in [3.63, 3.8) is 0 Å². The van der Waals surface area contributed by atoms with Crippen LogP contribution in [-0.4, -0.2) is 16.6 Å². The van der Waals surface area contributed by atoms with E-state index < -0.39 is 0 Å². The Hall–Kier alpha value is -5.55. The molecule has 5 aromatic rings. The lowest BCUT2D eigenvalue weighted by molar-refractivity contribution is -0.110. The minimum Gasteiger partial charge on any atom is -0.361 e. The summed E-state index contributed by atoms with van der Waals surface area (Å²) in [5, 5.41) is 8.62. The molecule has 2 aliphatic carbocycles. The number of nitrogens with one attached hydrogen (secondary N) is 2. The van der Waals surface area contributed by atoms with Gasteiger partial charge in [0.2, 0.25) is 0 Å². The molecule has 0 unspecified atom stereocenters. The van der Waals surface area contributed by atoms with Crippen LogP contribution in [0.3, 0.4) is 0 Å². The topological polar surface area (TPSA) is 71.1 Å². The van der Waals surface area contributed by atoms with Crippen molar-refractivity contribution in [2.75, 3.05) is 10.6 Å². The fraction of sp³-hybridized carbons (Fsp3) is 0. The zero-order valence-corrected chi connectivity index (χ0v) is 21.4. The van der Waals surface area contributed by atoms with Crippen molar-refractivity contribution in [2.45, 2.75) is 0 Å². The summed E-state index contributed by atoms with van der Waals surface area (Å²) >= 11 is 0.